The Bertz CT molecular complexity index is 671. The Hall–Kier alpha value is -2.85. The number of anilines is 1. The molecule has 0 aliphatic rings. The molecule has 1 N–H and O–H groups in total. The minimum atomic E-state index is -0.0679. The summed E-state index contributed by atoms with van der Waals surface area (Å²) in [7, 11) is 0. The smallest absolute Gasteiger partial charge is 0.238 e. The second kappa shape index (κ2) is 10.1. The Balaban J connectivity index is 1.83. The number of rotatable bonds is 10. The number of nitrogens with zero attached hydrogens (tertiary/aromatic N) is 1. The molecule has 2 rings (SSSR count). The molecule has 0 bridgehead atoms. The number of hydrogen-bond acceptors (Lipinski definition) is 3. The Morgan fingerprint density at radius 3 is 2.24 bits per heavy atom. The second-order valence-corrected chi connectivity index (χ2v) is 5.62. The highest BCUT2D eigenvalue weighted by molar-refractivity contribution is 5.92. The van der Waals surface area contributed by atoms with E-state index in [9.17, 15) is 4.79 Å². The number of benzene rings is 2. The van der Waals surface area contributed by atoms with Crippen LogP contribution in [0.5, 0.6) is 5.75 Å². The van der Waals surface area contributed by atoms with Crippen molar-refractivity contribution in [3.8, 4) is 5.75 Å². The average molecular weight is 336 g/mol. The molecule has 2 aromatic rings. The van der Waals surface area contributed by atoms with Crippen molar-refractivity contribution in [2.24, 2.45) is 0 Å². The van der Waals surface area contributed by atoms with Gasteiger partial charge in [-0.3, -0.25) is 9.69 Å². The fraction of sp³-hybridized carbons (Fsp3) is 0.190. The number of nitrogens with one attached hydrogen (secondary N) is 1. The fourth-order valence-corrected chi connectivity index (χ4v) is 2.35. The molecule has 4 nitrogen and oxygen atoms in total. The quantitative estimate of drug-likeness (QED) is 0.670. The van der Waals surface area contributed by atoms with Crippen molar-refractivity contribution in [3.05, 3.63) is 85.5 Å². The van der Waals surface area contributed by atoms with Crippen LogP contribution >= 0.6 is 0 Å². The summed E-state index contributed by atoms with van der Waals surface area (Å²) < 4.78 is 5.74. The highest BCUT2D eigenvalue weighted by Gasteiger charge is 2.08. The molecule has 0 heterocycles. The van der Waals surface area contributed by atoms with Gasteiger partial charge in [0.25, 0.3) is 0 Å². The molecule has 0 aliphatic carbocycles. The molecule has 0 aliphatic heterocycles. The maximum absolute atomic E-state index is 12.1. The lowest BCUT2D eigenvalue weighted by Gasteiger charge is -2.18. The molecule has 0 aromatic heterocycles. The van der Waals surface area contributed by atoms with Crippen molar-refractivity contribution in [2.45, 2.75) is 6.61 Å². The van der Waals surface area contributed by atoms with Gasteiger partial charge in [0, 0.05) is 18.8 Å². The average Bonchev–Trinajstić information content (AvgIpc) is 2.62. The monoisotopic (exact) mass is 336 g/mol. The minimum Gasteiger partial charge on any atom is -0.489 e. The van der Waals surface area contributed by atoms with Gasteiger partial charge in [0.15, 0.2) is 0 Å². The lowest BCUT2D eigenvalue weighted by molar-refractivity contribution is -0.117. The summed E-state index contributed by atoms with van der Waals surface area (Å²) in [5.74, 6) is 0.698. The topological polar surface area (TPSA) is 41.6 Å². The van der Waals surface area contributed by atoms with E-state index in [0.717, 1.165) is 17.0 Å². The van der Waals surface area contributed by atoms with Gasteiger partial charge in [0.2, 0.25) is 5.91 Å². The van der Waals surface area contributed by atoms with Crippen LogP contribution in [0, 0.1) is 0 Å². The van der Waals surface area contributed by atoms with Crippen LogP contribution in [0.15, 0.2) is 79.9 Å². The van der Waals surface area contributed by atoms with E-state index in [1.54, 1.807) is 12.2 Å². The van der Waals surface area contributed by atoms with Gasteiger partial charge in [0.05, 0.1) is 6.54 Å². The van der Waals surface area contributed by atoms with Crippen molar-refractivity contribution in [1.82, 2.24) is 4.90 Å². The summed E-state index contributed by atoms with van der Waals surface area (Å²) in [4.78, 5) is 14.1. The van der Waals surface area contributed by atoms with Crippen LogP contribution in [0.2, 0.25) is 0 Å². The van der Waals surface area contributed by atoms with Gasteiger partial charge in [0.1, 0.15) is 12.4 Å². The predicted molar refractivity (Wildman–Crippen MR) is 103 cm³/mol. The summed E-state index contributed by atoms with van der Waals surface area (Å²) in [6.07, 6.45) is 3.55. The summed E-state index contributed by atoms with van der Waals surface area (Å²) in [5.41, 5.74) is 1.86. The van der Waals surface area contributed by atoms with Gasteiger partial charge in [-0.25, -0.2) is 0 Å². The molecule has 1 amide bonds. The van der Waals surface area contributed by atoms with Gasteiger partial charge in [-0.1, -0.05) is 42.5 Å². The van der Waals surface area contributed by atoms with Gasteiger partial charge in [-0.2, -0.15) is 0 Å². The fourth-order valence-electron chi connectivity index (χ4n) is 2.35. The zero-order valence-corrected chi connectivity index (χ0v) is 14.4. The van der Waals surface area contributed by atoms with Crippen molar-refractivity contribution in [2.75, 3.05) is 25.0 Å². The van der Waals surface area contributed by atoms with Gasteiger partial charge in [-0.05, 0) is 29.8 Å². The number of carbonyl (C=O) groups is 1. The molecule has 130 valence electrons. The number of carbonyl (C=O) groups excluding carboxylic acids is 1. The molecule has 4 heteroatoms. The molecule has 0 saturated heterocycles. The van der Waals surface area contributed by atoms with Crippen LogP contribution in [0.1, 0.15) is 5.56 Å². The zero-order valence-electron chi connectivity index (χ0n) is 14.4. The number of ether oxygens (including phenoxy) is 1. The third kappa shape index (κ3) is 6.65. The van der Waals surface area contributed by atoms with E-state index in [2.05, 4.69) is 18.5 Å². The van der Waals surface area contributed by atoms with Gasteiger partial charge >= 0.3 is 0 Å². The van der Waals surface area contributed by atoms with E-state index in [0.29, 0.717) is 26.2 Å². The molecule has 2 aromatic carbocycles. The highest BCUT2D eigenvalue weighted by Crippen LogP contribution is 2.17. The number of hydrogen-bond donors (Lipinski definition) is 1. The van der Waals surface area contributed by atoms with Crippen LogP contribution in [0.3, 0.4) is 0 Å². The van der Waals surface area contributed by atoms with E-state index >= 15 is 0 Å². The largest absolute Gasteiger partial charge is 0.489 e. The maximum Gasteiger partial charge on any atom is 0.238 e. The van der Waals surface area contributed by atoms with Gasteiger partial charge < -0.3 is 10.1 Å². The molecule has 0 fully saturated rings. The van der Waals surface area contributed by atoms with Crippen LogP contribution < -0.4 is 10.1 Å². The summed E-state index contributed by atoms with van der Waals surface area (Å²) in [5, 5.41) is 2.89. The normalized spacial score (nSPS) is 10.3. The molecule has 0 spiro atoms. The first-order chi connectivity index (χ1) is 12.2. The van der Waals surface area contributed by atoms with Crippen molar-refractivity contribution < 1.29 is 9.53 Å². The first-order valence-corrected chi connectivity index (χ1v) is 8.22. The highest BCUT2D eigenvalue weighted by atomic mass is 16.5. The van der Waals surface area contributed by atoms with E-state index in [1.807, 2.05) is 59.5 Å². The lowest BCUT2D eigenvalue weighted by atomic mass is 10.2. The van der Waals surface area contributed by atoms with Crippen LogP contribution in [0.25, 0.3) is 0 Å². The molecule has 0 saturated carbocycles. The molecule has 0 atom stereocenters. The first-order valence-electron chi connectivity index (χ1n) is 8.22. The standard InChI is InChI=1S/C21H24N2O2/c1-3-14-23(15-4-2)16-21(24)22-19-10-12-20(13-11-19)25-17-18-8-6-5-7-9-18/h3-13H,1-2,14-17H2,(H,22,24). The Labute approximate surface area is 149 Å². The molecular formula is C21H24N2O2. The van der Waals surface area contributed by atoms with E-state index in [-0.39, 0.29) is 5.91 Å². The SMILES string of the molecule is C=CCN(CC=C)CC(=O)Nc1ccc(OCc2ccccc2)cc1. The summed E-state index contributed by atoms with van der Waals surface area (Å²) in [6.45, 7) is 9.51. The Kier molecular flexibility index (Phi) is 7.47. The van der Waals surface area contributed by atoms with E-state index in [1.165, 1.54) is 0 Å². The Morgan fingerprint density at radius 1 is 1.00 bits per heavy atom. The van der Waals surface area contributed by atoms with Gasteiger partial charge in [-0.15, -0.1) is 13.2 Å². The van der Waals surface area contributed by atoms with E-state index in [4.69, 9.17) is 4.74 Å². The molecule has 25 heavy (non-hydrogen) atoms. The van der Waals surface area contributed by atoms with Crippen molar-refractivity contribution in [3.63, 3.8) is 0 Å². The third-order valence-electron chi connectivity index (χ3n) is 3.53. The maximum atomic E-state index is 12.1. The molecular weight excluding hydrogens is 312 g/mol. The summed E-state index contributed by atoms with van der Waals surface area (Å²) in [6, 6.07) is 17.4. The first kappa shape index (κ1) is 18.5. The molecule has 0 unspecified atom stereocenters. The third-order valence-corrected chi connectivity index (χ3v) is 3.53. The van der Waals surface area contributed by atoms with Crippen molar-refractivity contribution in [1.29, 1.82) is 0 Å². The minimum absolute atomic E-state index is 0.0679. The van der Waals surface area contributed by atoms with Crippen LogP contribution in [0.4, 0.5) is 5.69 Å². The lowest BCUT2D eigenvalue weighted by Crippen LogP contribution is -2.33. The van der Waals surface area contributed by atoms with E-state index < -0.39 is 0 Å². The molecule has 0 radical (unpaired) electrons. The van der Waals surface area contributed by atoms with Crippen LogP contribution in [-0.2, 0) is 11.4 Å². The number of amides is 1. The zero-order chi connectivity index (χ0) is 17.9. The second-order valence-electron chi connectivity index (χ2n) is 5.62. The van der Waals surface area contributed by atoms with Crippen LogP contribution in [-0.4, -0.2) is 30.4 Å². The predicted octanol–water partition coefficient (Wildman–Crippen LogP) is 3.88. The summed E-state index contributed by atoms with van der Waals surface area (Å²) >= 11 is 0. The Morgan fingerprint density at radius 2 is 1.64 bits per heavy atom. The van der Waals surface area contributed by atoms with Crippen molar-refractivity contribution >= 4 is 11.6 Å².